The van der Waals surface area contributed by atoms with Crippen molar-refractivity contribution in [2.75, 3.05) is 5.32 Å². The molecule has 0 spiro atoms. The Morgan fingerprint density at radius 3 is 2.08 bits per heavy atom. The summed E-state index contributed by atoms with van der Waals surface area (Å²) in [5.41, 5.74) is -2.38. The van der Waals surface area contributed by atoms with E-state index in [-0.39, 0.29) is 46.0 Å². The number of nitrogens with zero attached hydrogens (tertiary/aromatic N) is 2. The number of amides is 1. The maximum absolute atomic E-state index is 13.5. The van der Waals surface area contributed by atoms with E-state index in [2.05, 4.69) is 10.3 Å². The highest BCUT2D eigenvalue weighted by Gasteiger charge is 2.33. The van der Waals surface area contributed by atoms with Crippen LogP contribution < -0.4 is 10.9 Å². The van der Waals surface area contributed by atoms with Crippen LogP contribution in [0.1, 0.15) is 40.5 Å². The van der Waals surface area contributed by atoms with Crippen molar-refractivity contribution in [3.63, 3.8) is 0 Å². The van der Waals surface area contributed by atoms with Crippen LogP contribution in [0.25, 0.3) is 11.0 Å². The van der Waals surface area contributed by atoms with E-state index in [0.29, 0.717) is 11.6 Å². The highest BCUT2D eigenvalue weighted by atomic mass is 35.5. The van der Waals surface area contributed by atoms with Crippen LogP contribution in [-0.2, 0) is 39.6 Å². The summed E-state index contributed by atoms with van der Waals surface area (Å²) >= 11 is 6.03. The summed E-state index contributed by atoms with van der Waals surface area (Å²) in [6, 6.07) is 21.5. The summed E-state index contributed by atoms with van der Waals surface area (Å²) in [5.74, 6) is -2.00. The van der Waals surface area contributed by atoms with Gasteiger partial charge in [0.15, 0.2) is 0 Å². The predicted octanol–water partition coefficient (Wildman–Crippen LogP) is 7.99. The number of ether oxygens (including phenoxy) is 1. The van der Waals surface area contributed by atoms with Gasteiger partial charge in [-0.05, 0) is 42.0 Å². The standard InChI is InChI=1S/C34H24ClF6N3O4/c35-24-13-11-22(33(36,37)38)17-26(24)43-31(46)30(21-9-5-2-6-10-21)48-29(45)16-14-25-32(47)44(19-20-7-3-1-4-8-20)28-15-12-23(34(39,40)41)18-27(28)42-25/h1-13,15,17-18,30H,14,16,19H2,(H,43,46)/t30-/m0/s1. The van der Waals surface area contributed by atoms with Gasteiger partial charge in [-0.3, -0.25) is 14.4 Å². The zero-order valence-electron chi connectivity index (χ0n) is 24.6. The molecule has 0 radical (unpaired) electrons. The van der Waals surface area contributed by atoms with E-state index in [1.807, 2.05) is 0 Å². The van der Waals surface area contributed by atoms with Crippen LogP contribution in [0.2, 0.25) is 5.02 Å². The van der Waals surface area contributed by atoms with Crippen LogP contribution in [-0.4, -0.2) is 21.4 Å². The monoisotopic (exact) mass is 687 g/mol. The van der Waals surface area contributed by atoms with E-state index in [1.54, 1.807) is 48.5 Å². The predicted molar refractivity (Wildman–Crippen MR) is 165 cm³/mol. The van der Waals surface area contributed by atoms with Crippen LogP contribution in [0.15, 0.2) is 102 Å². The summed E-state index contributed by atoms with van der Waals surface area (Å²) in [6.45, 7) is 0.00978. The lowest BCUT2D eigenvalue weighted by atomic mass is 10.1. The summed E-state index contributed by atoms with van der Waals surface area (Å²) in [4.78, 5) is 44.1. The number of alkyl halides is 6. The fraction of sp³-hybridized carbons (Fsp3) is 0.176. The van der Waals surface area contributed by atoms with E-state index >= 15 is 0 Å². The second-order valence-electron chi connectivity index (χ2n) is 10.6. The molecular formula is C34H24ClF6N3O4. The minimum absolute atomic E-state index is 0.00978. The Labute approximate surface area is 273 Å². The van der Waals surface area contributed by atoms with Gasteiger partial charge in [0.25, 0.3) is 11.5 Å². The quantitative estimate of drug-likeness (QED) is 0.125. The van der Waals surface area contributed by atoms with Gasteiger partial charge in [-0.25, -0.2) is 4.98 Å². The SMILES string of the molecule is O=C(CCc1nc2cc(C(F)(F)F)ccc2n(Cc2ccccc2)c1=O)O[C@H](C(=O)Nc1cc(C(F)(F)F)ccc1Cl)c1ccccc1. The summed E-state index contributed by atoms with van der Waals surface area (Å²) in [5, 5.41) is 2.08. The van der Waals surface area contributed by atoms with Gasteiger partial charge in [0, 0.05) is 12.0 Å². The zero-order valence-corrected chi connectivity index (χ0v) is 25.4. The fourth-order valence-corrected chi connectivity index (χ4v) is 5.03. The lowest BCUT2D eigenvalue weighted by Crippen LogP contribution is -2.28. The number of aryl methyl sites for hydroxylation is 1. The number of rotatable bonds is 9. The minimum atomic E-state index is -4.72. The van der Waals surface area contributed by atoms with Crippen molar-refractivity contribution >= 4 is 40.2 Å². The molecule has 0 aliphatic carbocycles. The molecule has 0 bridgehead atoms. The lowest BCUT2D eigenvalue weighted by molar-refractivity contribution is -0.154. The number of nitrogens with one attached hydrogen (secondary N) is 1. The highest BCUT2D eigenvalue weighted by molar-refractivity contribution is 6.33. The first-order chi connectivity index (χ1) is 22.7. The number of fused-ring (bicyclic) bond motifs is 1. The third kappa shape index (κ3) is 8.03. The molecule has 0 fully saturated rings. The van der Waals surface area contributed by atoms with Crippen LogP contribution in [0.5, 0.6) is 0 Å². The molecule has 48 heavy (non-hydrogen) atoms. The maximum Gasteiger partial charge on any atom is 0.416 e. The molecule has 248 valence electrons. The van der Waals surface area contributed by atoms with Crippen molar-refractivity contribution in [2.45, 2.75) is 37.8 Å². The number of carbonyl (C=O) groups excluding carboxylic acids is 2. The van der Waals surface area contributed by atoms with Crippen molar-refractivity contribution < 1.29 is 40.7 Å². The van der Waals surface area contributed by atoms with Gasteiger partial charge in [-0.2, -0.15) is 26.3 Å². The molecule has 1 aromatic heterocycles. The van der Waals surface area contributed by atoms with Crippen molar-refractivity contribution in [2.24, 2.45) is 0 Å². The number of benzene rings is 4. The molecule has 0 saturated carbocycles. The Hall–Kier alpha value is -5.17. The number of carbonyl (C=O) groups is 2. The Morgan fingerprint density at radius 1 is 0.833 bits per heavy atom. The molecule has 0 aliphatic heterocycles. The summed E-state index contributed by atoms with van der Waals surface area (Å²) in [6.07, 6.45) is -11.9. The largest absolute Gasteiger partial charge is 0.447 e. The number of anilines is 1. The van der Waals surface area contributed by atoms with Gasteiger partial charge in [-0.15, -0.1) is 0 Å². The number of halogens is 7. The third-order valence-corrected chi connectivity index (χ3v) is 7.56. The van der Waals surface area contributed by atoms with Gasteiger partial charge in [0.2, 0.25) is 6.10 Å². The topological polar surface area (TPSA) is 90.3 Å². The van der Waals surface area contributed by atoms with Crippen molar-refractivity contribution in [1.82, 2.24) is 9.55 Å². The van der Waals surface area contributed by atoms with E-state index in [0.717, 1.165) is 30.3 Å². The molecule has 5 aromatic rings. The van der Waals surface area contributed by atoms with E-state index in [1.165, 1.54) is 16.7 Å². The second-order valence-corrected chi connectivity index (χ2v) is 11.0. The smallest absolute Gasteiger partial charge is 0.416 e. The molecule has 1 N–H and O–H groups in total. The first kappa shape index (κ1) is 34.2. The fourth-order valence-electron chi connectivity index (χ4n) is 4.87. The first-order valence-electron chi connectivity index (χ1n) is 14.3. The van der Waals surface area contributed by atoms with Crippen molar-refractivity contribution in [1.29, 1.82) is 0 Å². The van der Waals surface area contributed by atoms with Gasteiger partial charge in [-0.1, -0.05) is 72.3 Å². The molecule has 1 heterocycles. The van der Waals surface area contributed by atoms with Gasteiger partial charge < -0.3 is 14.6 Å². The molecule has 4 aromatic carbocycles. The molecule has 7 nitrogen and oxygen atoms in total. The lowest BCUT2D eigenvalue weighted by Gasteiger charge is -2.19. The maximum atomic E-state index is 13.5. The molecule has 0 saturated heterocycles. The van der Waals surface area contributed by atoms with Crippen molar-refractivity contribution in [3.05, 3.63) is 140 Å². The number of hydrogen-bond donors (Lipinski definition) is 1. The van der Waals surface area contributed by atoms with E-state index < -0.39 is 53.4 Å². The normalized spacial score (nSPS) is 12.5. The van der Waals surface area contributed by atoms with Crippen LogP contribution in [0, 0.1) is 0 Å². The Kier molecular flexibility index (Phi) is 9.90. The van der Waals surface area contributed by atoms with Crippen LogP contribution in [0.3, 0.4) is 0 Å². The molecule has 5 rings (SSSR count). The number of esters is 1. The molecule has 0 unspecified atom stereocenters. The first-order valence-corrected chi connectivity index (χ1v) is 14.6. The van der Waals surface area contributed by atoms with Crippen molar-refractivity contribution in [3.8, 4) is 0 Å². The van der Waals surface area contributed by atoms with E-state index in [9.17, 15) is 40.7 Å². The summed E-state index contributed by atoms with van der Waals surface area (Å²) in [7, 11) is 0. The van der Waals surface area contributed by atoms with Gasteiger partial charge >= 0.3 is 18.3 Å². The highest BCUT2D eigenvalue weighted by Crippen LogP contribution is 2.35. The molecule has 14 heteroatoms. The molecular weight excluding hydrogens is 664 g/mol. The average molecular weight is 688 g/mol. The molecule has 1 atom stereocenters. The zero-order chi connectivity index (χ0) is 34.6. The second kappa shape index (κ2) is 13.9. The van der Waals surface area contributed by atoms with E-state index in [4.69, 9.17) is 16.3 Å². The Morgan fingerprint density at radius 2 is 1.44 bits per heavy atom. The van der Waals surface area contributed by atoms with Gasteiger partial charge in [0.05, 0.1) is 45.8 Å². The molecule has 1 amide bonds. The van der Waals surface area contributed by atoms with Crippen LogP contribution in [0.4, 0.5) is 32.0 Å². The average Bonchev–Trinajstić information content (AvgIpc) is 3.04. The Balaban J connectivity index is 1.41. The number of aromatic nitrogens is 2. The van der Waals surface area contributed by atoms with Crippen LogP contribution >= 0.6 is 11.6 Å². The number of hydrogen-bond acceptors (Lipinski definition) is 5. The summed E-state index contributed by atoms with van der Waals surface area (Å²) < 4.78 is 87.1. The minimum Gasteiger partial charge on any atom is -0.447 e. The third-order valence-electron chi connectivity index (χ3n) is 7.23. The Bertz CT molecular complexity index is 2020. The molecule has 0 aliphatic rings. The van der Waals surface area contributed by atoms with Gasteiger partial charge in [0.1, 0.15) is 5.69 Å².